The van der Waals surface area contributed by atoms with Gasteiger partial charge in [0.15, 0.2) is 0 Å². The second-order valence-electron chi connectivity index (χ2n) is 3.60. The van der Waals surface area contributed by atoms with Crippen LogP contribution in [-0.4, -0.2) is 11.5 Å². The van der Waals surface area contributed by atoms with Crippen LogP contribution in [0.3, 0.4) is 0 Å². The second kappa shape index (κ2) is 2.61. The van der Waals surface area contributed by atoms with Gasteiger partial charge in [-0.1, -0.05) is 0 Å². The van der Waals surface area contributed by atoms with E-state index in [2.05, 4.69) is 16.4 Å². The largest absolute Gasteiger partial charge is 0.384 e. The van der Waals surface area contributed by atoms with Gasteiger partial charge in [-0.2, -0.15) is 0 Å². The zero-order valence-corrected chi connectivity index (χ0v) is 7.63. The molecule has 1 aromatic carbocycles. The first-order valence-electron chi connectivity index (χ1n) is 4.73. The van der Waals surface area contributed by atoms with Gasteiger partial charge in [0.25, 0.3) is 0 Å². The molecule has 3 nitrogen and oxygen atoms in total. The van der Waals surface area contributed by atoms with Crippen LogP contribution in [0.4, 0.5) is 5.69 Å². The van der Waals surface area contributed by atoms with Gasteiger partial charge in [-0.3, -0.25) is 4.79 Å². The normalized spacial score (nSPS) is 14.0. The van der Waals surface area contributed by atoms with Gasteiger partial charge in [-0.05, 0) is 35.6 Å². The highest BCUT2D eigenvalue weighted by atomic mass is 16.1. The molecule has 1 aliphatic heterocycles. The van der Waals surface area contributed by atoms with Gasteiger partial charge < -0.3 is 10.3 Å². The molecule has 0 aliphatic carbocycles. The molecule has 0 saturated carbocycles. The standard InChI is InChI=1S/C11H10N2O/c14-11-2-1-7-5-8-3-4-12-9(8)6-10(7)13-11/h1-2,5-6,12H,3-4H2,(H,13,14). The van der Waals surface area contributed by atoms with E-state index in [0.717, 1.165) is 29.6 Å². The summed E-state index contributed by atoms with van der Waals surface area (Å²) in [6.07, 6.45) is 1.07. The Bertz CT molecular complexity index is 557. The number of benzene rings is 1. The lowest BCUT2D eigenvalue weighted by atomic mass is 10.1. The molecule has 70 valence electrons. The fraction of sp³-hybridized carbons (Fsp3) is 0.182. The quantitative estimate of drug-likeness (QED) is 0.654. The molecule has 14 heavy (non-hydrogen) atoms. The molecule has 1 aromatic heterocycles. The molecular formula is C11H10N2O. The lowest BCUT2D eigenvalue weighted by molar-refractivity contribution is 1.11. The van der Waals surface area contributed by atoms with Gasteiger partial charge in [0, 0.05) is 18.3 Å². The number of anilines is 1. The smallest absolute Gasteiger partial charge is 0.248 e. The molecular weight excluding hydrogens is 176 g/mol. The van der Waals surface area contributed by atoms with Gasteiger partial charge in [0.05, 0.1) is 5.52 Å². The van der Waals surface area contributed by atoms with Crippen LogP contribution < -0.4 is 10.9 Å². The van der Waals surface area contributed by atoms with E-state index in [1.807, 2.05) is 12.1 Å². The van der Waals surface area contributed by atoms with Crippen molar-refractivity contribution in [3.8, 4) is 0 Å². The minimum Gasteiger partial charge on any atom is -0.384 e. The first-order chi connectivity index (χ1) is 6.83. The van der Waals surface area contributed by atoms with Crippen molar-refractivity contribution in [2.24, 2.45) is 0 Å². The summed E-state index contributed by atoms with van der Waals surface area (Å²) >= 11 is 0. The lowest BCUT2D eigenvalue weighted by Crippen LogP contribution is -2.02. The second-order valence-corrected chi connectivity index (χ2v) is 3.60. The number of rotatable bonds is 0. The molecule has 0 saturated heterocycles. The predicted molar refractivity (Wildman–Crippen MR) is 56.8 cm³/mol. The van der Waals surface area contributed by atoms with E-state index >= 15 is 0 Å². The average molecular weight is 186 g/mol. The molecule has 3 heteroatoms. The van der Waals surface area contributed by atoms with Crippen LogP contribution in [0, 0.1) is 0 Å². The molecule has 0 amide bonds. The van der Waals surface area contributed by atoms with Crippen molar-refractivity contribution in [1.82, 2.24) is 4.98 Å². The fourth-order valence-corrected chi connectivity index (χ4v) is 1.95. The van der Waals surface area contributed by atoms with Crippen molar-refractivity contribution in [3.05, 3.63) is 40.2 Å². The zero-order valence-electron chi connectivity index (χ0n) is 7.63. The summed E-state index contributed by atoms with van der Waals surface area (Å²) in [4.78, 5) is 13.9. The highest BCUT2D eigenvalue weighted by molar-refractivity contribution is 5.84. The molecule has 1 aliphatic rings. The highest BCUT2D eigenvalue weighted by Gasteiger charge is 2.10. The predicted octanol–water partition coefficient (Wildman–Crippen LogP) is 1.50. The summed E-state index contributed by atoms with van der Waals surface area (Å²) in [5.74, 6) is 0. The minimum atomic E-state index is -0.0459. The van der Waals surface area contributed by atoms with Crippen molar-refractivity contribution in [3.63, 3.8) is 0 Å². The van der Waals surface area contributed by atoms with Crippen LogP contribution in [0.5, 0.6) is 0 Å². The molecule has 0 atom stereocenters. The molecule has 2 aromatic rings. The Kier molecular flexibility index (Phi) is 1.42. The van der Waals surface area contributed by atoms with Crippen molar-refractivity contribution < 1.29 is 0 Å². The highest BCUT2D eigenvalue weighted by Crippen LogP contribution is 2.26. The Morgan fingerprint density at radius 1 is 1.21 bits per heavy atom. The first kappa shape index (κ1) is 7.62. The molecule has 2 heterocycles. The molecule has 0 unspecified atom stereocenters. The summed E-state index contributed by atoms with van der Waals surface area (Å²) in [5.41, 5.74) is 3.35. The number of aromatic amines is 1. The Labute approximate surface area is 80.8 Å². The topological polar surface area (TPSA) is 44.9 Å². The van der Waals surface area contributed by atoms with Crippen LogP contribution in [0.25, 0.3) is 10.9 Å². The summed E-state index contributed by atoms with van der Waals surface area (Å²) in [6.45, 7) is 0.996. The van der Waals surface area contributed by atoms with Gasteiger partial charge in [0.2, 0.25) is 5.56 Å². The summed E-state index contributed by atoms with van der Waals surface area (Å²) < 4.78 is 0. The summed E-state index contributed by atoms with van der Waals surface area (Å²) in [5, 5.41) is 4.39. The number of pyridine rings is 1. The maximum Gasteiger partial charge on any atom is 0.248 e. The lowest BCUT2D eigenvalue weighted by Gasteiger charge is -2.02. The van der Waals surface area contributed by atoms with E-state index in [1.54, 1.807) is 6.07 Å². The van der Waals surface area contributed by atoms with Gasteiger partial charge in [0.1, 0.15) is 0 Å². The van der Waals surface area contributed by atoms with Crippen molar-refractivity contribution in [2.75, 3.05) is 11.9 Å². The van der Waals surface area contributed by atoms with E-state index in [-0.39, 0.29) is 5.56 Å². The molecule has 0 fully saturated rings. The van der Waals surface area contributed by atoms with E-state index in [1.165, 1.54) is 5.56 Å². The number of nitrogens with one attached hydrogen (secondary N) is 2. The van der Waals surface area contributed by atoms with E-state index < -0.39 is 0 Å². The first-order valence-corrected chi connectivity index (χ1v) is 4.73. The Morgan fingerprint density at radius 2 is 2.14 bits per heavy atom. The van der Waals surface area contributed by atoms with Gasteiger partial charge in [-0.25, -0.2) is 0 Å². The SMILES string of the molecule is O=c1ccc2cc3c(cc2[nH]1)NCC3. The fourth-order valence-electron chi connectivity index (χ4n) is 1.95. The van der Waals surface area contributed by atoms with Crippen LogP contribution in [-0.2, 0) is 6.42 Å². The van der Waals surface area contributed by atoms with Crippen molar-refractivity contribution >= 4 is 16.6 Å². The number of H-pyrrole nitrogens is 1. The number of fused-ring (bicyclic) bond motifs is 2. The third-order valence-electron chi connectivity index (χ3n) is 2.66. The van der Waals surface area contributed by atoms with Crippen molar-refractivity contribution in [1.29, 1.82) is 0 Å². The number of hydrogen-bond donors (Lipinski definition) is 2. The maximum atomic E-state index is 11.1. The number of hydrogen-bond acceptors (Lipinski definition) is 2. The summed E-state index contributed by atoms with van der Waals surface area (Å²) in [6, 6.07) is 7.59. The average Bonchev–Trinajstić information content (AvgIpc) is 2.61. The molecule has 0 spiro atoms. The monoisotopic (exact) mass is 186 g/mol. The molecule has 0 bridgehead atoms. The molecule has 3 rings (SSSR count). The van der Waals surface area contributed by atoms with E-state index in [9.17, 15) is 4.79 Å². The Hall–Kier alpha value is -1.77. The van der Waals surface area contributed by atoms with Gasteiger partial charge >= 0.3 is 0 Å². The van der Waals surface area contributed by atoms with Crippen LogP contribution in [0.2, 0.25) is 0 Å². The zero-order chi connectivity index (χ0) is 9.54. The third-order valence-corrected chi connectivity index (χ3v) is 2.66. The van der Waals surface area contributed by atoms with Crippen LogP contribution >= 0.6 is 0 Å². The van der Waals surface area contributed by atoms with Gasteiger partial charge in [-0.15, -0.1) is 0 Å². The Morgan fingerprint density at radius 3 is 3.07 bits per heavy atom. The van der Waals surface area contributed by atoms with E-state index in [4.69, 9.17) is 0 Å². The Balaban J connectivity index is 2.39. The third kappa shape index (κ3) is 1.02. The molecule has 0 radical (unpaired) electrons. The minimum absolute atomic E-state index is 0.0459. The number of aromatic nitrogens is 1. The molecule has 2 N–H and O–H groups in total. The van der Waals surface area contributed by atoms with Crippen molar-refractivity contribution in [2.45, 2.75) is 6.42 Å². The maximum absolute atomic E-state index is 11.1. The van der Waals surface area contributed by atoms with Crippen LogP contribution in [0.15, 0.2) is 29.1 Å². The van der Waals surface area contributed by atoms with Crippen LogP contribution in [0.1, 0.15) is 5.56 Å². The summed E-state index contributed by atoms with van der Waals surface area (Å²) in [7, 11) is 0. The van der Waals surface area contributed by atoms with E-state index in [0.29, 0.717) is 0 Å².